The molecule has 0 saturated carbocycles. The minimum atomic E-state index is -0.914. The summed E-state index contributed by atoms with van der Waals surface area (Å²) in [7, 11) is 0. The first-order valence-corrected chi connectivity index (χ1v) is 8.28. The van der Waals surface area contributed by atoms with Crippen molar-refractivity contribution in [2.75, 3.05) is 0 Å². The van der Waals surface area contributed by atoms with Gasteiger partial charge in [-0.15, -0.1) is 0 Å². The number of hydrogen-bond acceptors (Lipinski definition) is 2. The first kappa shape index (κ1) is 22.7. The third kappa shape index (κ3) is 26.9. The molecule has 0 aromatic carbocycles. The molecule has 22 heavy (non-hydrogen) atoms. The van der Waals surface area contributed by atoms with Crippen LogP contribution in [0.3, 0.4) is 0 Å². The fourth-order valence-corrected chi connectivity index (χ4v) is 1.84. The second kappa shape index (κ2) is 19.4. The molecular weight excluding hydrogens is 280 g/mol. The molecule has 4 heteroatoms. The Hall–Kier alpha value is -1.58. The molecule has 0 bridgehead atoms. The summed E-state index contributed by atoms with van der Waals surface area (Å²) in [5.74, 6) is -1.57. The van der Waals surface area contributed by atoms with Crippen LogP contribution in [0.2, 0.25) is 0 Å². The van der Waals surface area contributed by atoms with Crippen molar-refractivity contribution in [2.24, 2.45) is 0 Å². The van der Waals surface area contributed by atoms with E-state index in [1.54, 1.807) is 12.2 Å². The quantitative estimate of drug-likeness (QED) is 0.295. The molecule has 0 fully saturated rings. The lowest BCUT2D eigenvalue weighted by atomic mass is 10.1. The molecule has 0 unspecified atom stereocenters. The van der Waals surface area contributed by atoms with Crippen molar-refractivity contribution in [2.45, 2.75) is 78.1 Å². The normalized spacial score (nSPS) is 10.6. The summed E-state index contributed by atoms with van der Waals surface area (Å²) in [4.78, 5) is 20.0. The minimum absolute atomic E-state index is 0.343. The monoisotopic (exact) mass is 312 g/mol. The summed E-state index contributed by atoms with van der Waals surface area (Å²) in [6, 6.07) is 0. The van der Waals surface area contributed by atoms with Gasteiger partial charge < -0.3 is 10.2 Å². The van der Waals surface area contributed by atoms with Crippen molar-refractivity contribution in [3.8, 4) is 0 Å². The third-order valence-electron chi connectivity index (χ3n) is 3.04. The van der Waals surface area contributed by atoms with Crippen molar-refractivity contribution in [3.05, 3.63) is 24.3 Å². The highest BCUT2D eigenvalue weighted by Crippen LogP contribution is 2.10. The second-order valence-electron chi connectivity index (χ2n) is 5.20. The van der Waals surface area contributed by atoms with E-state index in [9.17, 15) is 9.59 Å². The van der Waals surface area contributed by atoms with E-state index in [4.69, 9.17) is 10.2 Å². The van der Waals surface area contributed by atoms with E-state index >= 15 is 0 Å². The van der Waals surface area contributed by atoms with Crippen LogP contribution in [0.15, 0.2) is 24.3 Å². The summed E-state index contributed by atoms with van der Waals surface area (Å²) in [6.07, 6.45) is 17.5. The number of carbonyl (C=O) groups is 2. The van der Waals surface area contributed by atoms with Gasteiger partial charge in [0, 0.05) is 12.5 Å². The van der Waals surface area contributed by atoms with Gasteiger partial charge in [0.15, 0.2) is 0 Å². The molecule has 0 rings (SSSR count). The number of rotatable bonds is 12. The Morgan fingerprint density at radius 2 is 1.32 bits per heavy atom. The average Bonchev–Trinajstić information content (AvgIpc) is 2.46. The number of unbranched alkanes of at least 4 members (excludes halogenated alkanes) is 8. The van der Waals surface area contributed by atoms with E-state index in [2.05, 4.69) is 6.92 Å². The Morgan fingerprint density at radius 3 is 1.73 bits per heavy atom. The van der Waals surface area contributed by atoms with Crippen molar-refractivity contribution < 1.29 is 19.8 Å². The van der Waals surface area contributed by atoms with Crippen LogP contribution in [0.1, 0.15) is 78.1 Å². The van der Waals surface area contributed by atoms with Crippen LogP contribution in [0.25, 0.3) is 0 Å². The highest BCUT2D eigenvalue weighted by molar-refractivity contribution is 5.80. The Labute approximate surface area is 134 Å². The molecule has 0 aliphatic rings. The van der Waals surface area contributed by atoms with Crippen molar-refractivity contribution in [1.29, 1.82) is 0 Å². The van der Waals surface area contributed by atoms with Gasteiger partial charge in [0.2, 0.25) is 0 Å². The maximum Gasteiger partial charge on any atom is 0.328 e. The number of carboxylic acids is 2. The maximum atomic E-state index is 10.2. The highest BCUT2D eigenvalue weighted by Gasteiger charge is 1.96. The molecule has 0 saturated heterocycles. The van der Waals surface area contributed by atoms with Gasteiger partial charge in [0.25, 0.3) is 0 Å². The Balaban J connectivity index is 0. The van der Waals surface area contributed by atoms with Gasteiger partial charge in [0.1, 0.15) is 0 Å². The predicted octanol–water partition coefficient (Wildman–Crippen LogP) is 5.20. The Morgan fingerprint density at radius 1 is 0.818 bits per heavy atom. The Kier molecular flexibility index (Phi) is 20.0. The molecule has 0 aliphatic heterocycles. The van der Waals surface area contributed by atoms with E-state index in [0.717, 1.165) is 18.9 Å². The second-order valence-corrected chi connectivity index (χ2v) is 5.20. The summed E-state index contributed by atoms with van der Waals surface area (Å²) < 4.78 is 0. The van der Waals surface area contributed by atoms with Gasteiger partial charge in [-0.3, -0.25) is 4.79 Å². The van der Waals surface area contributed by atoms with Crippen molar-refractivity contribution >= 4 is 11.9 Å². The minimum Gasteiger partial charge on any atom is -0.481 e. The van der Waals surface area contributed by atoms with Crippen molar-refractivity contribution in [1.82, 2.24) is 0 Å². The zero-order chi connectivity index (χ0) is 17.1. The molecule has 0 radical (unpaired) electrons. The first-order valence-electron chi connectivity index (χ1n) is 8.28. The van der Waals surface area contributed by atoms with E-state index in [-0.39, 0.29) is 0 Å². The predicted molar refractivity (Wildman–Crippen MR) is 91.1 cm³/mol. The largest absolute Gasteiger partial charge is 0.481 e. The molecular formula is C18H32O4. The van der Waals surface area contributed by atoms with E-state index in [0.29, 0.717) is 6.42 Å². The molecule has 0 aromatic heterocycles. The standard InChI is InChI=1S/C12H24O2.C6H8O2/c1-2-3-4-5-6-7-8-9-10-11-12(13)14;1-2-3-4-5-6(7)8/h2-11H2,1H3,(H,13,14);2-5H,1H3,(H,7,8)/b;3-2+,5-4+. The van der Waals surface area contributed by atoms with E-state index in [1.165, 1.54) is 51.0 Å². The molecule has 0 atom stereocenters. The van der Waals surface area contributed by atoms with Crippen LogP contribution in [0.4, 0.5) is 0 Å². The lowest BCUT2D eigenvalue weighted by molar-refractivity contribution is -0.137. The molecule has 2 N–H and O–H groups in total. The molecule has 0 amide bonds. The van der Waals surface area contributed by atoms with E-state index < -0.39 is 11.9 Å². The SMILES string of the molecule is C/C=C/C=C/C(=O)O.CCCCCCCCCCCC(=O)O. The smallest absolute Gasteiger partial charge is 0.328 e. The summed E-state index contributed by atoms with van der Waals surface area (Å²) in [5, 5.41) is 16.4. The number of carboxylic acid groups (broad SMARTS) is 2. The lowest BCUT2D eigenvalue weighted by Crippen LogP contribution is -1.93. The first-order chi connectivity index (χ1) is 10.5. The molecule has 4 nitrogen and oxygen atoms in total. The molecule has 0 aromatic rings. The van der Waals surface area contributed by atoms with Gasteiger partial charge >= 0.3 is 11.9 Å². The Bertz CT molecular complexity index is 319. The zero-order valence-electron chi connectivity index (χ0n) is 14.1. The van der Waals surface area contributed by atoms with Gasteiger partial charge in [-0.05, 0) is 13.3 Å². The van der Waals surface area contributed by atoms with Crippen LogP contribution in [-0.2, 0) is 9.59 Å². The summed E-state index contributed by atoms with van der Waals surface area (Å²) >= 11 is 0. The van der Waals surface area contributed by atoms with Crippen LogP contribution in [0, 0.1) is 0 Å². The highest BCUT2D eigenvalue weighted by atomic mass is 16.4. The lowest BCUT2D eigenvalue weighted by Gasteiger charge is -2.00. The van der Waals surface area contributed by atoms with Crippen molar-refractivity contribution in [3.63, 3.8) is 0 Å². The molecule has 128 valence electrons. The van der Waals surface area contributed by atoms with Crippen LogP contribution in [-0.4, -0.2) is 22.2 Å². The van der Waals surface area contributed by atoms with Gasteiger partial charge in [0.05, 0.1) is 0 Å². The number of aliphatic carboxylic acids is 2. The average molecular weight is 312 g/mol. The number of allylic oxidation sites excluding steroid dienone is 3. The topological polar surface area (TPSA) is 74.6 Å². The van der Waals surface area contributed by atoms with E-state index in [1.807, 2.05) is 6.92 Å². The summed E-state index contributed by atoms with van der Waals surface area (Å²) in [5.41, 5.74) is 0. The third-order valence-corrected chi connectivity index (χ3v) is 3.04. The van der Waals surface area contributed by atoms with Gasteiger partial charge in [-0.2, -0.15) is 0 Å². The van der Waals surface area contributed by atoms with Crippen LogP contribution in [0.5, 0.6) is 0 Å². The molecule has 0 aliphatic carbocycles. The molecule has 0 spiro atoms. The molecule has 0 heterocycles. The van der Waals surface area contributed by atoms with Crippen LogP contribution < -0.4 is 0 Å². The maximum absolute atomic E-state index is 10.2. The number of hydrogen-bond donors (Lipinski definition) is 2. The fraction of sp³-hybridized carbons (Fsp3) is 0.667. The van der Waals surface area contributed by atoms with Gasteiger partial charge in [-0.25, -0.2) is 4.79 Å². The zero-order valence-corrected chi connectivity index (χ0v) is 14.1. The summed E-state index contributed by atoms with van der Waals surface area (Å²) in [6.45, 7) is 4.05. The van der Waals surface area contributed by atoms with Crippen LogP contribution >= 0.6 is 0 Å². The fourth-order valence-electron chi connectivity index (χ4n) is 1.84. The van der Waals surface area contributed by atoms with Gasteiger partial charge in [-0.1, -0.05) is 76.5 Å².